The van der Waals surface area contributed by atoms with Crippen molar-refractivity contribution in [3.05, 3.63) is 83.7 Å². The van der Waals surface area contributed by atoms with Gasteiger partial charge in [-0.15, -0.1) is 0 Å². The van der Waals surface area contributed by atoms with Crippen LogP contribution in [0.5, 0.6) is 0 Å². The summed E-state index contributed by atoms with van der Waals surface area (Å²) in [5, 5.41) is 16.1. The molecule has 2 aromatic heterocycles. The molecule has 1 aliphatic rings. The third-order valence-electron chi connectivity index (χ3n) is 6.85. The molecular weight excluding hydrogens is 478 g/mol. The van der Waals surface area contributed by atoms with Crippen LogP contribution in [-0.2, 0) is 11.2 Å². The summed E-state index contributed by atoms with van der Waals surface area (Å²) < 4.78 is 5.49. The van der Waals surface area contributed by atoms with Crippen molar-refractivity contribution in [2.75, 3.05) is 44.4 Å². The molecule has 5 N–H and O–H groups in total. The van der Waals surface area contributed by atoms with Gasteiger partial charge < -0.3 is 20.8 Å². The number of hydrazine groups is 1. The Morgan fingerprint density at radius 3 is 2.66 bits per heavy atom. The minimum Gasteiger partial charge on any atom is -0.384 e. The number of anilines is 1. The number of ether oxygens (including phenoxy) is 1. The number of amidine groups is 1. The van der Waals surface area contributed by atoms with Crippen molar-refractivity contribution < 1.29 is 9.53 Å². The van der Waals surface area contributed by atoms with E-state index in [-0.39, 0.29) is 11.7 Å². The van der Waals surface area contributed by atoms with E-state index in [1.165, 1.54) is 0 Å². The van der Waals surface area contributed by atoms with Gasteiger partial charge in [-0.2, -0.15) is 0 Å². The SMILES string of the molecule is CCN(c1cc(-c2ccc(C(=O)NCCc3ccc4[nH]cc(C(=N)N)c4c3)cc2)ccn1)N1CCOCC1. The van der Waals surface area contributed by atoms with Crippen LogP contribution in [0.25, 0.3) is 22.0 Å². The molecule has 9 nitrogen and oxygen atoms in total. The van der Waals surface area contributed by atoms with Gasteiger partial charge in [-0.05, 0) is 66.4 Å². The highest BCUT2D eigenvalue weighted by Gasteiger charge is 2.19. The van der Waals surface area contributed by atoms with E-state index in [1.54, 1.807) is 6.20 Å². The summed E-state index contributed by atoms with van der Waals surface area (Å²) in [5.74, 6) is 0.832. The molecule has 196 valence electrons. The van der Waals surface area contributed by atoms with Crippen LogP contribution >= 0.6 is 0 Å². The van der Waals surface area contributed by atoms with Gasteiger partial charge in [-0.1, -0.05) is 18.2 Å². The molecule has 0 radical (unpaired) electrons. The van der Waals surface area contributed by atoms with Crippen LogP contribution < -0.4 is 16.1 Å². The van der Waals surface area contributed by atoms with Crippen LogP contribution in [0.3, 0.4) is 0 Å². The molecule has 0 unspecified atom stereocenters. The number of H-pyrrole nitrogens is 1. The summed E-state index contributed by atoms with van der Waals surface area (Å²) >= 11 is 0. The molecule has 1 aliphatic heterocycles. The lowest BCUT2D eigenvalue weighted by molar-refractivity contribution is 0.0318. The molecular formula is C29H33N7O2. The number of benzene rings is 2. The topological polar surface area (TPSA) is 123 Å². The van der Waals surface area contributed by atoms with Crippen LogP contribution in [0.15, 0.2) is 67.0 Å². The van der Waals surface area contributed by atoms with Gasteiger partial charge in [0.15, 0.2) is 0 Å². The summed E-state index contributed by atoms with van der Waals surface area (Å²) in [6.07, 6.45) is 4.26. The quantitative estimate of drug-likeness (QED) is 0.201. The lowest BCUT2D eigenvalue weighted by Crippen LogP contribution is -2.49. The van der Waals surface area contributed by atoms with Gasteiger partial charge in [-0.3, -0.25) is 15.2 Å². The molecule has 0 bridgehead atoms. The lowest BCUT2D eigenvalue weighted by atomic mass is 10.0. The molecule has 38 heavy (non-hydrogen) atoms. The molecule has 4 aromatic rings. The first kappa shape index (κ1) is 25.4. The second kappa shape index (κ2) is 11.5. The number of aromatic nitrogens is 2. The molecule has 0 aliphatic carbocycles. The zero-order valence-corrected chi connectivity index (χ0v) is 21.5. The summed E-state index contributed by atoms with van der Waals surface area (Å²) in [6.45, 7) is 6.61. The van der Waals surface area contributed by atoms with E-state index in [2.05, 4.69) is 38.3 Å². The fraction of sp³-hybridized carbons (Fsp3) is 0.276. The minimum absolute atomic E-state index is 0.0351. The number of hydrogen-bond donors (Lipinski definition) is 4. The monoisotopic (exact) mass is 511 g/mol. The van der Waals surface area contributed by atoms with Crippen LogP contribution in [0.1, 0.15) is 28.4 Å². The maximum atomic E-state index is 12.8. The van der Waals surface area contributed by atoms with Crippen molar-refractivity contribution in [1.29, 1.82) is 5.41 Å². The van der Waals surface area contributed by atoms with E-state index in [4.69, 9.17) is 15.9 Å². The van der Waals surface area contributed by atoms with Gasteiger partial charge in [0, 0.05) is 60.6 Å². The number of nitrogens with two attached hydrogens (primary N) is 1. The second-order valence-corrected chi connectivity index (χ2v) is 9.26. The molecule has 1 saturated heterocycles. The maximum Gasteiger partial charge on any atom is 0.251 e. The smallest absolute Gasteiger partial charge is 0.251 e. The molecule has 0 atom stereocenters. The number of fused-ring (bicyclic) bond motifs is 1. The van der Waals surface area contributed by atoms with Crippen LogP contribution in [0.2, 0.25) is 0 Å². The Bertz CT molecular complexity index is 1420. The Morgan fingerprint density at radius 2 is 1.92 bits per heavy atom. The number of morpholine rings is 1. The Kier molecular flexibility index (Phi) is 7.67. The number of amides is 1. The van der Waals surface area contributed by atoms with Crippen molar-refractivity contribution in [3.8, 4) is 11.1 Å². The first-order valence-electron chi connectivity index (χ1n) is 12.9. The average Bonchev–Trinajstić information content (AvgIpc) is 3.38. The zero-order valence-electron chi connectivity index (χ0n) is 21.5. The van der Waals surface area contributed by atoms with Crippen LogP contribution in [-0.4, -0.2) is 66.1 Å². The highest BCUT2D eigenvalue weighted by atomic mass is 16.5. The predicted octanol–water partition coefficient (Wildman–Crippen LogP) is 3.56. The van der Waals surface area contributed by atoms with Gasteiger partial charge in [0.1, 0.15) is 11.7 Å². The Labute approximate surface area is 222 Å². The van der Waals surface area contributed by atoms with Crippen LogP contribution in [0, 0.1) is 5.41 Å². The molecule has 9 heteroatoms. The number of rotatable bonds is 9. The van der Waals surface area contributed by atoms with Gasteiger partial charge in [-0.25, -0.2) is 9.99 Å². The maximum absolute atomic E-state index is 12.8. The van der Waals surface area contributed by atoms with Gasteiger partial charge >= 0.3 is 0 Å². The average molecular weight is 512 g/mol. The van der Waals surface area contributed by atoms with Crippen molar-refractivity contribution in [2.45, 2.75) is 13.3 Å². The highest BCUT2D eigenvalue weighted by Crippen LogP contribution is 2.25. The Morgan fingerprint density at radius 1 is 1.13 bits per heavy atom. The largest absolute Gasteiger partial charge is 0.384 e. The number of hydrogen-bond acceptors (Lipinski definition) is 6. The molecule has 1 amide bonds. The molecule has 0 saturated carbocycles. The van der Waals surface area contributed by atoms with Crippen LogP contribution in [0.4, 0.5) is 5.82 Å². The number of nitrogen functional groups attached to an aromatic ring is 1. The van der Waals surface area contributed by atoms with E-state index in [1.807, 2.05) is 54.7 Å². The number of nitrogens with one attached hydrogen (secondary N) is 3. The first-order valence-corrected chi connectivity index (χ1v) is 12.9. The summed E-state index contributed by atoms with van der Waals surface area (Å²) in [7, 11) is 0. The molecule has 5 rings (SSSR count). The highest BCUT2D eigenvalue weighted by molar-refractivity contribution is 6.07. The van der Waals surface area contributed by atoms with E-state index in [0.29, 0.717) is 24.1 Å². The summed E-state index contributed by atoms with van der Waals surface area (Å²) in [4.78, 5) is 20.5. The fourth-order valence-electron chi connectivity index (χ4n) is 4.82. The van der Waals surface area contributed by atoms with Gasteiger partial charge in [0.2, 0.25) is 0 Å². The normalized spacial score (nSPS) is 13.9. The number of carbonyl (C=O) groups is 1. The van der Waals surface area contributed by atoms with E-state index in [0.717, 1.165) is 66.3 Å². The fourth-order valence-corrected chi connectivity index (χ4v) is 4.82. The van der Waals surface area contributed by atoms with E-state index >= 15 is 0 Å². The Hall–Kier alpha value is -4.21. The number of aromatic amines is 1. The minimum atomic E-state index is -0.108. The van der Waals surface area contributed by atoms with Crippen molar-refractivity contribution in [1.82, 2.24) is 20.3 Å². The Balaban J connectivity index is 1.21. The van der Waals surface area contributed by atoms with Gasteiger partial charge in [0.25, 0.3) is 5.91 Å². The molecule has 0 spiro atoms. The van der Waals surface area contributed by atoms with Crippen molar-refractivity contribution in [2.24, 2.45) is 5.73 Å². The molecule has 1 fully saturated rings. The summed E-state index contributed by atoms with van der Waals surface area (Å²) in [5.41, 5.74) is 11.1. The van der Waals surface area contributed by atoms with Crippen molar-refractivity contribution >= 4 is 28.5 Å². The van der Waals surface area contributed by atoms with E-state index in [9.17, 15) is 4.79 Å². The number of nitrogens with zero attached hydrogens (tertiary/aromatic N) is 3. The standard InChI is InChI=1S/C29H33N7O2/c1-2-36(35-13-15-38-16-14-35)27-18-23(10-12-32-27)21-4-6-22(7-5-21)29(37)33-11-9-20-3-8-26-24(17-20)25(19-34-26)28(30)31/h3-8,10,12,17-19,34H,2,9,11,13-16H2,1H3,(H3,30,31)(H,33,37). The van der Waals surface area contributed by atoms with Crippen molar-refractivity contribution in [3.63, 3.8) is 0 Å². The molecule has 2 aromatic carbocycles. The lowest BCUT2D eigenvalue weighted by Gasteiger charge is -2.37. The third kappa shape index (κ3) is 5.53. The van der Waals surface area contributed by atoms with E-state index < -0.39 is 0 Å². The predicted molar refractivity (Wildman–Crippen MR) is 150 cm³/mol. The summed E-state index contributed by atoms with van der Waals surface area (Å²) in [6, 6.07) is 17.8. The third-order valence-corrected chi connectivity index (χ3v) is 6.85. The zero-order chi connectivity index (χ0) is 26.5. The molecule has 3 heterocycles. The number of carbonyl (C=O) groups excluding carboxylic acids is 1. The second-order valence-electron chi connectivity index (χ2n) is 9.26. The first-order chi connectivity index (χ1) is 18.5. The number of pyridine rings is 1. The van der Waals surface area contributed by atoms with Gasteiger partial charge in [0.05, 0.1) is 13.2 Å².